The molecule has 304 valence electrons. The monoisotopic (exact) mass is 800 g/mol. The van der Waals surface area contributed by atoms with E-state index < -0.39 is 66.8 Å². The molecule has 1 amide bonds. The average molecular weight is 801 g/mol. The summed E-state index contributed by atoms with van der Waals surface area (Å²) in [5.41, 5.74) is 2.09. The number of carbonyl (C=O) groups excluding carboxylic acids is 2. The van der Waals surface area contributed by atoms with Gasteiger partial charge in [-0.3, -0.25) is 14.6 Å². The van der Waals surface area contributed by atoms with Gasteiger partial charge in [0.1, 0.15) is 29.9 Å². The van der Waals surface area contributed by atoms with E-state index in [1.54, 1.807) is 20.8 Å². The summed E-state index contributed by atoms with van der Waals surface area (Å²) in [6.07, 6.45) is -2.47. The Morgan fingerprint density at radius 3 is 1.77 bits per heavy atom. The molecule has 12 heteroatoms. The summed E-state index contributed by atoms with van der Waals surface area (Å²) in [5, 5.41) is 22.6. The SMILES string of the molecule is CCCC(=O)OC[C@H](O)CN(C(=O)OC(C)(C)C)[C@H](CO)[C@@H](OCc1ccccc1)[C@H](Cc1cc(F)cc(F)c1)N(Cc1ccccc1)Cc1ccccc1.[Ar]. The van der Waals surface area contributed by atoms with Crippen molar-refractivity contribution in [1.29, 1.82) is 0 Å². The molecule has 0 aliphatic carbocycles. The molecule has 0 unspecified atom stereocenters. The second kappa shape index (κ2) is 23.7. The number of amides is 1. The van der Waals surface area contributed by atoms with Gasteiger partial charge in [-0.2, -0.15) is 0 Å². The number of hydrogen-bond donors (Lipinski definition) is 2. The van der Waals surface area contributed by atoms with Crippen molar-refractivity contribution in [1.82, 2.24) is 9.80 Å². The van der Waals surface area contributed by atoms with Crippen molar-refractivity contribution in [3.05, 3.63) is 143 Å². The number of halogens is 2. The molecule has 56 heavy (non-hydrogen) atoms. The van der Waals surface area contributed by atoms with Crippen LogP contribution in [-0.4, -0.2) is 81.7 Å². The number of hydrogen-bond acceptors (Lipinski definition) is 8. The first-order valence-corrected chi connectivity index (χ1v) is 18.7. The number of rotatable bonds is 20. The molecule has 0 saturated heterocycles. The second-order valence-electron chi connectivity index (χ2n) is 14.7. The van der Waals surface area contributed by atoms with Crippen LogP contribution in [-0.2, 0) is 45.1 Å². The van der Waals surface area contributed by atoms with Crippen molar-refractivity contribution in [3.8, 4) is 0 Å². The Morgan fingerprint density at radius 2 is 1.29 bits per heavy atom. The standard InChI is InChI=1S/C44H54F2N2O7.Ar/c1-5-15-41(51)53-31-38(50)28-48(43(52)55-44(2,3)4)40(29-49)42(54-30-34-20-13-8-14-21-34)39(24-35-22-36(45)25-37(46)23-35)47(26-32-16-9-6-10-17-32)27-33-18-11-7-12-19-33;/h6-14,16-23,25,38-40,42,49-50H,5,15,24,26-31H2,1-4H3;/t38-,39+,40-,42+;/m1./s1. The van der Waals surface area contributed by atoms with E-state index in [9.17, 15) is 28.6 Å². The largest absolute Gasteiger partial charge is 0.463 e. The van der Waals surface area contributed by atoms with Crippen molar-refractivity contribution in [2.45, 2.75) is 96.5 Å². The average Bonchev–Trinajstić information content (AvgIpc) is 3.14. The first-order valence-electron chi connectivity index (χ1n) is 18.7. The molecular weight excluding hydrogens is 746 g/mol. The van der Waals surface area contributed by atoms with Gasteiger partial charge in [0.2, 0.25) is 0 Å². The van der Waals surface area contributed by atoms with Crippen molar-refractivity contribution in [2.24, 2.45) is 0 Å². The number of ether oxygens (including phenoxy) is 3. The zero-order chi connectivity index (χ0) is 39.8. The van der Waals surface area contributed by atoms with Crippen molar-refractivity contribution in [3.63, 3.8) is 0 Å². The van der Waals surface area contributed by atoms with Crippen LogP contribution in [0.3, 0.4) is 0 Å². The summed E-state index contributed by atoms with van der Waals surface area (Å²) < 4.78 is 47.6. The molecule has 9 nitrogen and oxygen atoms in total. The van der Waals surface area contributed by atoms with Crippen LogP contribution in [0.1, 0.15) is 62.8 Å². The van der Waals surface area contributed by atoms with E-state index in [2.05, 4.69) is 4.90 Å². The van der Waals surface area contributed by atoms with Crippen LogP contribution in [0.25, 0.3) is 0 Å². The predicted octanol–water partition coefficient (Wildman–Crippen LogP) is 7.47. The zero-order valence-electron chi connectivity index (χ0n) is 32.5. The summed E-state index contributed by atoms with van der Waals surface area (Å²) >= 11 is 0. The second-order valence-corrected chi connectivity index (χ2v) is 14.7. The Labute approximate surface area is 359 Å². The number of nitrogens with zero attached hydrogens (tertiary/aromatic N) is 2. The Kier molecular flexibility index (Phi) is 19.9. The molecular formula is C44H54ArF2N2O7. The van der Waals surface area contributed by atoms with E-state index in [1.165, 1.54) is 17.0 Å². The molecule has 4 aromatic carbocycles. The maximum absolute atomic E-state index is 14.8. The number of aliphatic hydroxyl groups is 2. The van der Waals surface area contributed by atoms with Crippen LogP contribution in [0.4, 0.5) is 13.6 Å². The molecule has 2 N–H and O–H groups in total. The van der Waals surface area contributed by atoms with Gasteiger partial charge in [-0.15, -0.1) is 0 Å². The molecule has 0 saturated carbocycles. The van der Waals surface area contributed by atoms with Gasteiger partial charge in [-0.05, 0) is 68.0 Å². The van der Waals surface area contributed by atoms with E-state index >= 15 is 0 Å². The first kappa shape index (κ1) is 47.0. The minimum atomic E-state index is -1.35. The number of carbonyl (C=O) groups is 2. The molecule has 4 rings (SSSR count). The maximum atomic E-state index is 14.8. The molecule has 0 aromatic heterocycles. The summed E-state index contributed by atoms with van der Waals surface area (Å²) in [7, 11) is 0. The summed E-state index contributed by atoms with van der Waals surface area (Å²) in [4.78, 5) is 29.7. The topological polar surface area (TPSA) is 109 Å². The van der Waals surface area contributed by atoms with Crippen molar-refractivity contribution >= 4 is 12.1 Å². The molecule has 0 aliphatic rings. The molecule has 0 bridgehead atoms. The van der Waals surface area contributed by atoms with E-state index in [-0.39, 0.29) is 63.7 Å². The van der Waals surface area contributed by atoms with E-state index in [0.717, 1.165) is 22.8 Å². The number of esters is 1. The van der Waals surface area contributed by atoms with Gasteiger partial charge in [0.15, 0.2) is 0 Å². The molecule has 4 aromatic rings. The van der Waals surface area contributed by atoms with Crippen LogP contribution in [0, 0.1) is 49.4 Å². The van der Waals surface area contributed by atoms with E-state index in [4.69, 9.17) is 14.2 Å². The van der Waals surface area contributed by atoms with Crippen molar-refractivity contribution in [2.75, 3.05) is 19.8 Å². The Hall–Kier alpha value is -3.42. The van der Waals surface area contributed by atoms with Crippen LogP contribution in [0.15, 0.2) is 109 Å². The quantitative estimate of drug-likeness (QED) is 0.0888. The first-order chi connectivity index (χ1) is 26.3. The third-order valence-electron chi connectivity index (χ3n) is 8.85. The molecule has 0 fully saturated rings. The fourth-order valence-electron chi connectivity index (χ4n) is 6.39. The summed E-state index contributed by atoms with van der Waals surface area (Å²) in [6, 6.07) is 30.2. The fourth-order valence-corrected chi connectivity index (χ4v) is 6.39. The molecule has 0 heterocycles. The van der Waals surface area contributed by atoms with Gasteiger partial charge in [0.05, 0.1) is 31.9 Å². The number of aliphatic hydroxyl groups excluding tert-OH is 2. The van der Waals surface area contributed by atoms with Gasteiger partial charge in [-0.25, -0.2) is 13.6 Å². The molecule has 0 spiro atoms. The minimum Gasteiger partial charge on any atom is -0.463 e. The minimum absolute atomic E-state index is 0. The molecule has 0 aliphatic heterocycles. The van der Waals surface area contributed by atoms with Crippen molar-refractivity contribution < 1.29 is 80.5 Å². The van der Waals surface area contributed by atoms with Gasteiger partial charge in [0.25, 0.3) is 0 Å². The van der Waals surface area contributed by atoms with Gasteiger partial charge in [-0.1, -0.05) is 97.9 Å². The van der Waals surface area contributed by atoms with E-state index in [0.29, 0.717) is 25.1 Å². The third kappa shape index (κ3) is 15.8. The Bertz CT molecular complexity index is 1690. The maximum Gasteiger partial charge on any atom is 0.410 e. The Morgan fingerprint density at radius 1 is 0.768 bits per heavy atom. The Balaban J connectivity index is 0.00000841. The van der Waals surface area contributed by atoms with Gasteiger partial charge in [0, 0.05) is 69.4 Å². The summed E-state index contributed by atoms with van der Waals surface area (Å²) in [5.74, 6) is -1.99. The third-order valence-corrected chi connectivity index (χ3v) is 8.85. The fraction of sp³-hybridized carbons (Fsp3) is 0.409. The number of benzene rings is 4. The normalized spacial score (nSPS) is 13.6. The molecule has 0 radical (unpaired) electrons. The summed E-state index contributed by atoms with van der Waals surface area (Å²) in [6.45, 7) is 6.30. The zero-order valence-corrected chi connectivity index (χ0v) is 33.2. The van der Waals surface area contributed by atoms with Crippen LogP contribution in [0.2, 0.25) is 0 Å². The van der Waals surface area contributed by atoms with Gasteiger partial charge >= 0.3 is 12.1 Å². The van der Waals surface area contributed by atoms with E-state index in [1.807, 2.05) is 97.9 Å². The molecule has 4 atom stereocenters. The van der Waals surface area contributed by atoms with Crippen LogP contribution < -0.4 is 0 Å². The van der Waals surface area contributed by atoms with Crippen LogP contribution in [0.5, 0.6) is 0 Å². The predicted molar refractivity (Wildman–Crippen MR) is 207 cm³/mol. The smallest absolute Gasteiger partial charge is 0.410 e. The van der Waals surface area contributed by atoms with Gasteiger partial charge < -0.3 is 24.4 Å². The van der Waals surface area contributed by atoms with Crippen LogP contribution >= 0.6 is 0 Å².